The number of aliphatic imine (C=N–C) groups is 1. The highest BCUT2D eigenvalue weighted by molar-refractivity contribution is 8.18. The molecule has 0 saturated carbocycles. The van der Waals surface area contributed by atoms with Crippen LogP contribution in [0, 0.1) is 10.1 Å². The third-order valence-electron chi connectivity index (χ3n) is 4.21. The summed E-state index contributed by atoms with van der Waals surface area (Å²) in [6.07, 6.45) is 6.94. The Balaban J connectivity index is 1.67. The number of carbonyl (C=O) groups excluding carboxylic acids is 1. The number of amides is 1. The van der Waals surface area contributed by atoms with E-state index in [1.807, 2.05) is 28.3 Å². The molecule has 2 aromatic heterocycles. The average molecular weight is 438 g/mol. The molecule has 0 N–H and O–H groups in total. The molecule has 0 bridgehead atoms. The summed E-state index contributed by atoms with van der Waals surface area (Å²) >= 11 is 2.67. The number of hydrogen-bond donors (Lipinski definition) is 0. The summed E-state index contributed by atoms with van der Waals surface area (Å²) in [5, 5.41) is 13.8. The molecule has 10 heteroatoms. The smallest absolute Gasteiger partial charge is 0.269 e. The first-order chi connectivity index (χ1) is 14.6. The predicted octanol–water partition coefficient (Wildman–Crippen LogP) is 4.63. The van der Waals surface area contributed by atoms with Crippen LogP contribution in [0.5, 0.6) is 0 Å². The topological polar surface area (TPSA) is 93.6 Å². The maximum Gasteiger partial charge on any atom is 0.269 e. The molecule has 8 nitrogen and oxygen atoms in total. The Morgan fingerprint density at radius 2 is 2.07 bits per heavy atom. The SMILES string of the molecule is C=CCN1C(=O)C(=Cc2cccn2-c2ccc([N+](=O)[O-])cc2)SC1=Nc1nccs1. The summed E-state index contributed by atoms with van der Waals surface area (Å²) in [7, 11) is 0. The molecule has 1 aromatic carbocycles. The molecule has 150 valence electrons. The summed E-state index contributed by atoms with van der Waals surface area (Å²) < 4.78 is 1.86. The van der Waals surface area contributed by atoms with Gasteiger partial charge in [-0.15, -0.1) is 17.9 Å². The maximum atomic E-state index is 12.9. The number of carbonyl (C=O) groups is 1. The van der Waals surface area contributed by atoms with Crippen molar-refractivity contribution >= 4 is 51.1 Å². The number of benzene rings is 1. The minimum Gasteiger partial charge on any atom is -0.317 e. The van der Waals surface area contributed by atoms with Gasteiger partial charge >= 0.3 is 0 Å². The number of nitro groups is 1. The molecule has 30 heavy (non-hydrogen) atoms. The second-order valence-corrected chi connectivity index (χ2v) is 7.98. The molecule has 4 rings (SSSR count). The van der Waals surface area contributed by atoms with Crippen molar-refractivity contribution in [3.8, 4) is 5.69 Å². The monoisotopic (exact) mass is 437 g/mol. The molecular formula is C20H15N5O3S2. The van der Waals surface area contributed by atoms with Crippen molar-refractivity contribution in [2.24, 2.45) is 4.99 Å². The van der Waals surface area contributed by atoms with Gasteiger partial charge in [0.05, 0.1) is 9.83 Å². The second-order valence-electron chi connectivity index (χ2n) is 6.10. The fourth-order valence-electron chi connectivity index (χ4n) is 2.85. The molecule has 0 aliphatic carbocycles. The summed E-state index contributed by atoms with van der Waals surface area (Å²) in [6.45, 7) is 4.07. The number of nitrogens with zero attached hydrogens (tertiary/aromatic N) is 5. The number of rotatable bonds is 6. The summed E-state index contributed by atoms with van der Waals surface area (Å²) in [5.74, 6) is -0.161. The van der Waals surface area contributed by atoms with Gasteiger partial charge in [0.25, 0.3) is 11.6 Å². The van der Waals surface area contributed by atoms with Gasteiger partial charge in [0.2, 0.25) is 5.13 Å². The van der Waals surface area contributed by atoms with Crippen molar-refractivity contribution in [3.05, 3.63) is 87.5 Å². The number of thiazole rings is 1. The fraction of sp³-hybridized carbons (Fsp3) is 0.0500. The van der Waals surface area contributed by atoms with E-state index in [1.165, 1.54) is 35.2 Å². The van der Waals surface area contributed by atoms with Crippen molar-refractivity contribution in [2.75, 3.05) is 6.54 Å². The van der Waals surface area contributed by atoms with E-state index in [0.29, 0.717) is 21.7 Å². The van der Waals surface area contributed by atoms with E-state index < -0.39 is 4.92 Å². The van der Waals surface area contributed by atoms with E-state index >= 15 is 0 Å². The lowest BCUT2D eigenvalue weighted by Crippen LogP contribution is -2.29. The molecule has 3 heterocycles. The van der Waals surface area contributed by atoms with Crippen LogP contribution in [0.4, 0.5) is 10.8 Å². The third kappa shape index (κ3) is 3.95. The van der Waals surface area contributed by atoms with Crippen LogP contribution >= 0.6 is 23.1 Å². The molecule has 1 amide bonds. The zero-order chi connectivity index (χ0) is 21.1. The first kappa shape index (κ1) is 19.8. The number of non-ortho nitro benzene ring substituents is 1. The predicted molar refractivity (Wildman–Crippen MR) is 119 cm³/mol. The van der Waals surface area contributed by atoms with Gasteiger partial charge in [0.15, 0.2) is 5.17 Å². The second kappa shape index (κ2) is 8.47. The van der Waals surface area contributed by atoms with E-state index in [4.69, 9.17) is 0 Å². The Labute approximate surface area is 180 Å². The van der Waals surface area contributed by atoms with Crippen molar-refractivity contribution in [1.82, 2.24) is 14.5 Å². The molecule has 1 aliphatic rings. The zero-order valence-electron chi connectivity index (χ0n) is 15.5. The quantitative estimate of drug-likeness (QED) is 0.243. The van der Waals surface area contributed by atoms with Crippen molar-refractivity contribution < 1.29 is 9.72 Å². The minimum atomic E-state index is -0.437. The summed E-state index contributed by atoms with van der Waals surface area (Å²) in [6, 6.07) is 9.96. The van der Waals surface area contributed by atoms with Crippen LogP contribution in [-0.4, -0.2) is 37.0 Å². The van der Waals surface area contributed by atoms with Crippen molar-refractivity contribution in [1.29, 1.82) is 0 Å². The van der Waals surface area contributed by atoms with Gasteiger partial charge in [0, 0.05) is 47.8 Å². The van der Waals surface area contributed by atoms with Crippen molar-refractivity contribution in [2.45, 2.75) is 0 Å². The first-order valence-electron chi connectivity index (χ1n) is 8.79. The number of thioether (sulfide) groups is 1. The van der Waals surface area contributed by atoms with Gasteiger partial charge in [-0.1, -0.05) is 6.08 Å². The van der Waals surface area contributed by atoms with Crippen LogP contribution in [0.3, 0.4) is 0 Å². The lowest BCUT2D eigenvalue weighted by Gasteiger charge is -2.11. The lowest BCUT2D eigenvalue weighted by molar-refractivity contribution is -0.384. The molecule has 0 unspecified atom stereocenters. The Hall–Kier alpha value is -3.50. The van der Waals surface area contributed by atoms with Crippen LogP contribution in [-0.2, 0) is 4.79 Å². The van der Waals surface area contributed by atoms with Crippen LogP contribution in [0.2, 0.25) is 0 Å². The van der Waals surface area contributed by atoms with Crippen LogP contribution in [0.15, 0.2) is 76.7 Å². The number of amidine groups is 1. The standard InChI is InChI=1S/C20H15N5O3S2/c1-2-10-24-18(26)17(30-20(24)22-19-21-9-12-29-19)13-16-4-3-11-23(16)14-5-7-15(8-6-14)25(27)28/h2-9,11-13H,1,10H2. The molecule has 0 radical (unpaired) electrons. The molecular weight excluding hydrogens is 422 g/mol. The molecule has 1 saturated heterocycles. The maximum absolute atomic E-state index is 12.9. The Bertz CT molecular complexity index is 1160. The Kier molecular flexibility index (Phi) is 5.59. The molecule has 0 spiro atoms. The van der Waals surface area contributed by atoms with Gasteiger partial charge in [-0.05, 0) is 42.1 Å². The van der Waals surface area contributed by atoms with E-state index in [9.17, 15) is 14.9 Å². The van der Waals surface area contributed by atoms with Gasteiger partial charge < -0.3 is 4.57 Å². The molecule has 0 atom stereocenters. The fourth-order valence-corrected chi connectivity index (χ4v) is 4.39. The number of hydrogen-bond acceptors (Lipinski definition) is 7. The van der Waals surface area contributed by atoms with E-state index in [0.717, 1.165) is 11.4 Å². The third-order valence-corrected chi connectivity index (χ3v) is 5.88. The van der Waals surface area contributed by atoms with Crippen molar-refractivity contribution in [3.63, 3.8) is 0 Å². The van der Waals surface area contributed by atoms with Gasteiger partial charge in [-0.25, -0.2) is 4.98 Å². The molecule has 3 aromatic rings. The Morgan fingerprint density at radius 3 is 2.73 bits per heavy atom. The highest BCUT2D eigenvalue weighted by Crippen LogP contribution is 2.34. The van der Waals surface area contributed by atoms with Crippen LogP contribution in [0.25, 0.3) is 11.8 Å². The van der Waals surface area contributed by atoms with Gasteiger partial charge in [0.1, 0.15) is 0 Å². The summed E-state index contributed by atoms with van der Waals surface area (Å²) in [4.78, 5) is 34.1. The molecule has 1 fully saturated rings. The normalized spacial score (nSPS) is 16.5. The zero-order valence-corrected chi connectivity index (χ0v) is 17.2. The highest BCUT2D eigenvalue weighted by Gasteiger charge is 2.33. The highest BCUT2D eigenvalue weighted by atomic mass is 32.2. The van der Waals surface area contributed by atoms with E-state index in [1.54, 1.807) is 35.4 Å². The lowest BCUT2D eigenvalue weighted by atomic mass is 10.2. The largest absolute Gasteiger partial charge is 0.317 e. The van der Waals surface area contributed by atoms with Gasteiger partial charge in [-0.3, -0.25) is 19.8 Å². The molecule has 1 aliphatic heterocycles. The summed E-state index contributed by atoms with van der Waals surface area (Å²) in [5.41, 5.74) is 1.55. The van der Waals surface area contributed by atoms with Crippen LogP contribution in [0.1, 0.15) is 5.69 Å². The Morgan fingerprint density at radius 1 is 1.27 bits per heavy atom. The number of aromatic nitrogens is 2. The van der Waals surface area contributed by atoms with Gasteiger partial charge in [-0.2, -0.15) is 4.99 Å². The van der Waals surface area contributed by atoms with E-state index in [2.05, 4.69) is 16.6 Å². The minimum absolute atomic E-state index is 0.0236. The average Bonchev–Trinajstić information content (AvgIpc) is 3.47. The first-order valence-corrected chi connectivity index (χ1v) is 10.5. The number of nitro benzene ring substituents is 1. The van der Waals surface area contributed by atoms with Crippen LogP contribution < -0.4 is 0 Å². The van der Waals surface area contributed by atoms with E-state index in [-0.39, 0.29) is 11.6 Å².